The summed E-state index contributed by atoms with van der Waals surface area (Å²) in [5.74, 6) is -0.889. The number of aromatic nitrogens is 3. The Morgan fingerprint density at radius 3 is 2.52 bits per heavy atom. The zero-order chi connectivity index (χ0) is 27.2. The van der Waals surface area contributed by atoms with E-state index in [4.69, 9.17) is 14.5 Å². The van der Waals surface area contributed by atoms with Gasteiger partial charge < -0.3 is 4.52 Å². The van der Waals surface area contributed by atoms with Crippen LogP contribution in [0.3, 0.4) is 0 Å². The Kier molecular flexibility index (Phi) is 4.83. The first-order chi connectivity index (χ1) is 19.5. The molecule has 3 aromatic carbocycles. The van der Waals surface area contributed by atoms with Gasteiger partial charge in [0.25, 0.3) is 0 Å². The van der Waals surface area contributed by atoms with Crippen LogP contribution in [0.4, 0.5) is 10.1 Å². The van der Waals surface area contributed by atoms with E-state index in [1.54, 1.807) is 19.1 Å². The maximum absolute atomic E-state index is 14.1. The third-order valence-corrected chi connectivity index (χ3v) is 9.08. The molecule has 0 N–H and O–H groups in total. The molecule has 40 heavy (non-hydrogen) atoms. The fourth-order valence-corrected chi connectivity index (χ4v) is 7.73. The predicted octanol–water partition coefficient (Wildman–Crippen LogP) is 6.24. The van der Waals surface area contributed by atoms with Crippen molar-refractivity contribution in [3.8, 4) is 11.3 Å². The predicted molar refractivity (Wildman–Crippen MR) is 145 cm³/mol. The Morgan fingerprint density at radius 2 is 1.75 bits per heavy atom. The third kappa shape index (κ3) is 2.90. The summed E-state index contributed by atoms with van der Waals surface area (Å²) < 4.78 is 20.1. The molecule has 3 aliphatic rings. The lowest BCUT2D eigenvalue weighted by Gasteiger charge is -2.39. The quantitative estimate of drug-likeness (QED) is 0.200. The molecule has 1 aliphatic carbocycles. The molecule has 2 saturated heterocycles. The molecule has 0 bridgehead atoms. The number of para-hydroxylation sites is 2. The second-order valence-corrected chi connectivity index (χ2v) is 10.9. The van der Waals surface area contributed by atoms with Gasteiger partial charge in [-0.1, -0.05) is 53.7 Å². The van der Waals surface area contributed by atoms with Crippen LogP contribution >= 0.6 is 0 Å². The standard InChI is InChI=1S/C31H24FN5O3/c1-17-28(37(38)39)29(40-35-17)26-25(18-12-14-19(32)15-13-18)24-11-6-16-36(24)31(26)21-8-3-2-7-20(21)27-30(31)34-23-10-5-4-9-22(23)33-27/h2-5,7-10,12-15,24-26H,6,11,16H2,1H3/t24-,25-,26-,31+/m0/s1. The van der Waals surface area contributed by atoms with E-state index in [-0.39, 0.29) is 34.9 Å². The van der Waals surface area contributed by atoms with E-state index >= 15 is 0 Å². The van der Waals surface area contributed by atoms with Gasteiger partial charge in [-0.25, -0.2) is 14.4 Å². The lowest BCUT2D eigenvalue weighted by molar-refractivity contribution is -0.386. The van der Waals surface area contributed by atoms with Crippen LogP contribution in [0.15, 0.2) is 77.3 Å². The Labute approximate surface area is 228 Å². The van der Waals surface area contributed by atoms with Gasteiger partial charge in [0.1, 0.15) is 11.4 Å². The summed E-state index contributed by atoms with van der Waals surface area (Å²) >= 11 is 0. The Balaban J connectivity index is 1.52. The molecule has 8 rings (SSSR count). The molecule has 4 atom stereocenters. The van der Waals surface area contributed by atoms with E-state index in [9.17, 15) is 14.5 Å². The van der Waals surface area contributed by atoms with E-state index in [2.05, 4.69) is 22.2 Å². The van der Waals surface area contributed by atoms with E-state index < -0.39 is 16.4 Å². The molecule has 0 saturated carbocycles. The number of hydrogen-bond acceptors (Lipinski definition) is 7. The van der Waals surface area contributed by atoms with E-state index in [0.29, 0.717) is 0 Å². The second-order valence-electron chi connectivity index (χ2n) is 10.9. The molecule has 198 valence electrons. The monoisotopic (exact) mass is 533 g/mol. The number of benzene rings is 3. The topological polar surface area (TPSA) is 98.2 Å². The molecular weight excluding hydrogens is 509 g/mol. The normalized spacial score (nSPS) is 24.9. The first-order valence-electron chi connectivity index (χ1n) is 13.5. The average Bonchev–Trinajstić information content (AvgIpc) is 3.71. The molecule has 2 aliphatic heterocycles. The Morgan fingerprint density at radius 1 is 1.02 bits per heavy atom. The van der Waals surface area contributed by atoms with Gasteiger partial charge in [0.2, 0.25) is 5.76 Å². The molecule has 0 radical (unpaired) electrons. The Hall–Kier alpha value is -4.50. The van der Waals surface area contributed by atoms with Crippen molar-refractivity contribution in [3.05, 3.63) is 117 Å². The van der Waals surface area contributed by atoms with Crippen LogP contribution < -0.4 is 0 Å². The fourth-order valence-electron chi connectivity index (χ4n) is 7.73. The van der Waals surface area contributed by atoms with Gasteiger partial charge in [-0.2, -0.15) is 0 Å². The Bertz CT molecular complexity index is 1840. The van der Waals surface area contributed by atoms with Crippen LogP contribution in [0, 0.1) is 22.9 Å². The zero-order valence-corrected chi connectivity index (χ0v) is 21.6. The minimum Gasteiger partial charge on any atom is -0.353 e. The fraction of sp³-hybridized carbons (Fsp3) is 0.258. The first kappa shape index (κ1) is 23.4. The number of hydrogen-bond donors (Lipinski definition) is 0. The largest absolute Gasteiger partial charge is 0.353 e. The van der Waals surface area contributed by atoms with Crippen LogP contribution in [-0.4, -0.2) is 37.5 Å². The second kappa shape index (κ2) is 8.25. The molecule has 8 nitrogen and oxygen atoms in total. The van der Waals surface area contributed by atoms with Gasteiger partial charge in [0, 0.05) is 17.5 Å². The number of rotatable bonds is 3. The number of nitrogens with zero attached hydrogens (tertiary/aromatic N) is 5. The van der Waals surface area contributed by atoms with Crippen molar-refractivity contribution in [3.63, 3.8) is 0 Å². The SMILES string of the molecule is Cc1noc([C@@H]2[C@@H](c3ccc(F)cc3)[C@@H]3CCCN3[C@]23c2ccccc2-c2nc4ccccc4nc23)c1[N+](=O)[O-]. The highest BCUT2D eigenvalue weighted by atomic mass is 19.1. The van der Waals surface area contributed by atoms with Crippen LogP contribution in [0.2, 0.25) is 0 Å². The minimum atomic E-state index is -0.889. The van der Waals surface area contributed by atoms with E-state index in [1.807, 2.05) is 36.4 Å². The van der Waals surface area contributed by atoms with Crippen LogP contribution in [0.1, 0.15) is 53.0 Å². The van der Waals surface area contributed by atoms with Crippen molar-refractivity contribution in [1.82, 2.24) is 20.0 Å². The highest BCUT2D eigenvalue weighted by Gasteiger charge is 2.68. The van der Waals surface area contributed by atoms with Crippen molar-refractivity contribution in [2.45, 2.75) is 43.2 Å². The summed E-state index contributed by atoms with van der Waals surface area (Å²) in [5, 5.41) is 16.6. The summed E-state index contributed by atoms with van der Waals surface area (Å²) in [7, 11) is 0. The minimum absolute atomic E-state index is 0.0211. The van der Waals surface area contributed by atoms with Gasteiger partial charge in [0.05, 0.1) is 33.3 Å². The van der Waals surface area contributed by atoms with Gasteiger partial charge >= 0.3 is 5.69 Å². The smallest absolute Gasteiger partial charge is 0.334 e. The lowest BCUT2D eigenvalue weighted by Crippen LogP contribution is -2.45. The van der Waals surface area contributed by atoms with E-state index in [1.165, 1.54) is 12.1 Å². The maximum Gasteiger partial charge on any atom is 0.334 e. The zero-order valence-electron chi connectivity index (χ0n) is 21.6. The summed E-state index contributed by atoms with van der Waals surface area (Å²) in [5.41, 5.74) is 5.21. The number of nitro groups is 1. The summed E-state index contributed by atoms with van der Waals surface area (Å²) in [6.45, 7) is 2.38. The van der Waals surface area contributed by atoms with Gasteiger partial charge in [0.15, 0.2) is 5.69 Å². The van der Waals surface area contributed by atoms with Crippen molar-refractivity contribution >= 4 is 16.7 Å². The number of fused-ring (bicyclic) bond motifs is 8. The van der Waals surface area contributed by atoms with Crippen molar-refractivity contribution in [2.75, 3.05) is 6.54 Å². The summed E-state index contributed by atoms with van der Waals surface area (Å²) in [4.78, 5) is 24.9. The van der Waals surface area contributed by atoms with Crippen molar-refractivity contribution in [1.29, 1.82) is 0 Å². The van der Waals surface area contributed by atoms with Gasteiger partial charge in [-0.3, -0.25) is 15.0 Å². The average molecular weight is 534 g/mol. The lowest BCUT2D eigenvalue weighted by atomic mass is 9.70. The van der Waals surface area contributed by atoms with Crippen molar-refractivity contribution in [2.24, 2.45) is 0 Å². The summed E-state index contributed by atoms with van der Waals surface area (Å²) in [6.07, 6.45) is 1.85. The van der Waals surface area contributed by atoms with Gasteiger partial charge in [-0.05, 0) is 61.7 Å². The number of aryl methyl sites for hydroxylation is 1. The molecule has 9 heteroatoms. The molecule has 0 amide bonds. The number of halogens is 1. The first-order valence-corrected chi connectivity index (χ1v) is 13.5. The molecular formula is C31H24FN5O3. The van der Waals surface area contributed by atoms with Crippen LogP contribution in [0.25, 0.3) is 22.3 Å². The van der Waals surface area contributed by atoms with E-state index in [0.717, 1.165) is 58.5 Å². The maximum atomic E-state index is 14.1. The summed E-state index contributed by atoms with van der Waals surface area (Å²) in [6, 6.07) is 22.5. The van der Waals surface area contributed by atoms with Crippen LogP contribution in [0.5, 0.6) is 0 Å². The molecule has 0 unspecified atom stereocenters. The van der Waals surface area contributed by atoms with Crippen molar-refractivity contribution < 1.29 is 13.8 Å². The highest BCUT2D eigenvalue weighted by molar-refractivity contribution is 5.85. The van der Waals surface area contributed by atoms with Gasteiger partial charge in [-0.15, -0.1) is 0 Å². The molecule has 2 fully saturated rings. The van der Waals surface area contributed by atoms with Crippen LogP contribution in [-0.2, 0) is 5.54 Å². The molecule has 5 aromatic rings. The highest BCUT2D eigenvalue weighted by Crippen LogP contribution is 2.68. The molecule has 1 spiro atoms. The third-order valence-electron chi connectivity index (χ3n) is 9.08. The molecule has 4 heterocycles. The molecule has 2 aromatic heterocycles.